The van der Waals surface area contributed by atoms with Crippen molar-refractivity contribution in [1.29, 1.82) is 0 Å². The number of nitrogens with zero attached hydrogens (tertiary/aromatic N) is 1. The molecule has 0 bridgehead atoms. The molecule has 2 rings (SSSR count). The first-order chi connectivity index (χ1) is 12.3. The molecule has 0 atom stereocenters. The summed E-state index contributed by atoms with van der Waals surface area (Å²) < 4.78 is 38.6. The predicted octanol–water partition coefficient (Wildman–Crippen LogP) is 2.91. The number of carbonyl (C=O) groups excluding carboxylic acids is 1. The molecule has 1 N–H and O–H groups in total. The first-order valence-electron chi connectivity index (χ1n) is 7.65. The molecule has 1 aromatic heterocycles. The van der Waals surface area contributed by atoms with E-state index in [1.807, 2.05) is 6.92 Å². The van der Waals surface area contributed by atoms with Crippen LogP contribution in [0.3, 0.4) is 0 Å². The Balaban J connectivity index is 2.51. The lowest BCUT2D eigenvalue weighted by molar-refractivity contribution is -0.111. The highest BCUT2D eigenvalue weighted by Crippen LogP contribution is 2.34. The first kappa shape index (κ1) is 20.0. The number of methoxy groups -OCH3 is 2. The standard InChI is InChI=1S/C17H19ClN2O5S/c1-11-6-7-19-17(8-11)20-26(22,23)15-10-14(25-3)13(24-2)9-12(15)4-5-16(18)21/h6-10H,4-5H2,1-3H3,(H,19,20). The number of anilines is 1. The molecule has 0 saturated carbocycles. The zero-order chi connectivity index (χ0) is 19.3. The van der Waals surface area contributed by atoms with Crippen molar-refractivity contribution in [2.24, 2.45) is 0 Å². The minimum Gasteiger partial charge on any atom is -0.493 e. The van der Waals surface area contributed by atoms with E-state index in [2.05, 4.69) is 9.71 Å². The van der Waals surface area contributed by atoms with Gasteiger partial charge in [-0.1, -0.05) is 0 Å². The molecule has 0 radical (unpaired) electrons. The van der Waals surface area contributed by atoms with Crippen LogP contribution in [0.25, 0.3) is 0 Å². The molecular weight excluding hydrogens is 380 g/mol. The number of rotatable bonds is 8. The normalized spacial score (nSPS) is 11.1. The van der Waals surface area contributed by atoms with Crippen molar-refractivity contribution in [2.75, 3.05) is 18.9 Å². The van der Waals surface area contributed by atoms with Gasteiger partial charge in [-0.25, -0.2) is 13.4 Å². The average Bonchev–Trinajstić information content (AvgIpc) is 2.58. The molecule has 7 nitrogen and oxygen atoms in total. The molecular formula is C17H19ClN2O5S. The van der Waals surface area contributed by atoms with Gasteiger partial charge < -0.3 is 9.47 Å². The van der Waals surface area contributed by atoms with Crippen molar-refractivity contribution < 1.29 is 22.7 Å². The monoisotopic (exact) mass is 398 g/mol. The van der Waals surface area contributed by atoms with Crippen LogP contribution in [0.15, 0.2) is 35.4 Å². The zero-order valence-corrected chi connectivity index (χ0v) is 16.1. The fourth-order valence-corrected chi connectivity index (χ4v) is 3.73. The number of halogens is 1. The van der Waals surface area contributed by atoms with Crippen LogP contribution in [0, 0.1) is 6.92 Å². The molecule has 1 heterocycles. The van der Waals surface area contributed by atoms with Gasteiger partial charge in [-0.15, -0.1) is 0 Å². The van der Waals surface area contributed by atoms with Crippen LogP contribution < -0.4 is 14.2 Å². The highest BCUT2D eigenvalue weighted by molar-refractivity contribution is 7.92. The number of hydrogen-bond donors (Lipinski definition) is 1. The third kappa shape index (κ3) is 4.86. The molecule has 0 fully saturated rings. The summed E-state index contributed by atoms with van der Waals surface area (Å²) in [5, 5.41) is -0.559. The Bertz CT molecular complexity index is 915. The van der Waals surface area contributed by atoms with Crippen LogP contribution in [-0.2, 0) is 21.2 Å². The number of pyridine rings is 1. The van der Waals surface area contributed by atoms with Gasteiger partial charge in [-0.2, -0.15) is 0 Å². The smallest absolute Gasteiger partial charge is 0.263 e. The molecule has 0 aliphatic rings. The van der Waals surface area contributed by atoms with E-state index < -0.39 is 15.3 Å². The summed E-state index contributed by atoms with van der Waals surface area (Å²) in [5.74, 6) is 0.808. The van der Waals surface area contributed by atoms with E-state index in [0.717, 1.165) is 5.56 Å². The molecule has 1 aromatic carbocycles. The fraction of sp³-hybridized carbons (Fsp3) is 0.294. The third-order valence-corrected chi connectivity index (χ3v) is 5.23. The minimum atomic E-state index is -3.97. The van der Waals surface area contributed by atoms with Crippen LogP contribution in [0.4, 0.5) is 5.82 Å². The van der Waals surface area contributed by atoms with Crippen molar-refractivity contribution in [3.05, 3.63) is 41.6 Å². The lowest BCUT2D eigenvalue weighted by Gasteiger charge is -2.16. The maximum atomic E-state index is 12.9. The molecule has 2 aromatic rings. The number of aryl methyl sites for hydroxylation is 2. The molecule has 0 amide bonds. The minimum absolute atomic E-state index is 0.0117. The van der Waals surface area contributed by atoms with Crippen LogP contribution in [0.1, 0.15) is 17.5 Å². The second-order valence-corrected chi connectivity index (χ2v) is 7.57. The second-order valence-electron chi connectivity index (χ2n) is 5.49. The number of hydrogen-bond acceptors (Lipinski definition) is 6. The van der Waals surface area contributed by atoms with Crippen molar-refractivity contribution in [2.45, 2.75) is 24.7 Å². The van der Waals surface area contributed by atoms with Gasteiger partial charge in [-0.3, -0.25) is 9.52 Å². The van der Waals surface area contributed by atoms with Gasteiger partial charge >= 0.3 is 0 Å². The molecule has 9 heteroatoms. The molecule has 26 heavy (non-hydrogen) atoms. The summed E-state index contributed by atoms with van der Waals surface area (Å²) in [6.07, 6.45) is 1.64. The Morgan fingerprint density at radius 2 is 1.85 bits per heavy atom. The van der Waals surface area contributed by atoms with E-state index in [9.17, 15) is 13.2 Å². The Labute approximate surface area is 157 Å². The Morgan fingerprint density at radius 3 is 2.42 bits per heavy atom. The summed E-state index contributed by atoms with van der Waals surface area (Å²) in [6, 6.07) is 6.24. The van der Waals surface area contributed by atoms with E-state index in [1.54, 1.807) is 12.1 Å². The Hall–Kier alpha value is -2.32. The van der Waals surface area contributed by atoms with Gasteiger partial charge in [-0.05, 0) is 54.3 Å². The number of sulfonamides is 1. The summed E-state index contributed by atoms with van der Waals surface area (Å²) in [4.78, 5) is 15.1. The third-order valence-electron chi connectivity index (χ3n) is 3.60. The summed E-state index contributed by atoms with van der Waals surface area (Å²) in [6.45, 7) is 1.83. The van der Waals surface area contributed by atoms with E-state index in [-0.39, 0.29) is 29.3 Å². The van der Waals surface area contributed by atoms with E-state index in [1.165, 1.54) is 32.5 Å². The molecule has 0 spiro atoms. The molecule has 0 aliphatic heterocycles. The van der Waals surface area contributed by atoms with Crippen LogP contribution in [0.2, 0.25) is 0 Å². The van der Waals surface area contributed by atoms with Gasteiger partial charge in [0.25, 0.3) is 10.0 Å². The summed E-state index contributed by atoms with van der Waals surface area (Å²) in [7, 11) is -1.12. The highest BCUT2D eigenvalue weighted by Gasteiger charge is 2.23. The molecule has 0 saturated heterocycles. The van der Waals surface area contributed by atoms with E-state index >= 15 is 0 Å². The van der Waals surface area contributed by atoms with E-state index in [4.69, 9.17) is 21.1 Å². The van der Waals surface area contributed by atoms with Crippen LogP contribution >= 0.6 is 11.6 Å². The number of aromatic nitrogens is 1. The lowest BCUT2D eigenvalue weighted by atomic mass is 10.1. The van der Waals surface area contributed by atoms with Crippen LogP contribution in [-0.4, -0.2) is 32.9 Å². The van der Waals surface area contributed by atoms with Crippen molar-refractivity contribution in [1.82, 2.24) is 4.98 Å². The predicted molar refractivity (Wildman–Crippen MR) is 98.5 cm³/mol. The summed E-state index contributed by atoms with van der Waals surface area (Å²) in [5.41, 5.74) is 1.25. The van der Waals surface area contributed by atoms with Gasteiger partial charge in [0.2, 0.25) is 5.24 Å². The Kier molecular flexibility index (Phi) is 6.44. The number of carbonyl (C=O) groups is 1. The second kappa shape index (κ2) is 8.37. The van der Waals surface area contributed by atoms with Crippen molar-refractivity contribution in [3.63, 3.8) is 0 Å². The zero-order valence-electron chi connectivity index (χ0n) is 14.6. The molecule has 0 aliphatic carbocycles. The SMILES string of the molecule is COc1cc(CCC(=O)Cl)c(S(=O)(=O)Nc2cc(C)ccn2)cc1OC. The first-order valence-corrected chi connectivity index (χ1v) is 9.51. The van der Waals surface area contributed by atoms with E-state index in [0.29, 0.717) is 11.3 Å². The maximum Gasteiger partial charge on any atom is 0.263 e. The lowest BCUT2D eigenvalue weighted by Crippen LogP contribution is -2.16. The maximum absolute atomic E-state index is 12.9. The number of nitrogens with one attached hydrogen (secondary N) is 1. The Morgan fingerprint density at radius 1 is 1.19 bits per heavy atom. The largest absolute Gasteiger partial charge is 0.493 e. The number of ether oxygens (including phenoxy) is 2. The summed E-state index contributed by atoms with van der Waals surface area (Å²) >= 11 is 5.40. The molecule has 0 unspecified atom stereocenters. The van der Waals surface area contributed by atoms with Gasteiger partial charge in [0.15, 0.2) is 11.5 Å². The number of benzene rings is 1. The topological polar surface area (TPSA) is 94.6 Å². The van der Waals surface area contributed by atoms with Gasteiger partial charge in [0, 0.05) is 18.7 Å². The van der Waals surface area contributed by atoms with Gasteiger partial charge in [0.1, 0.15) is 5.82 Å². The fourth-order valence-electron chi connectivity index (χ4n) is 2.37. The van der Waals surface area contributed by atoms with Gasteiger partial charge in [0.05, 0.1) is 19.1 Å². The molecule has 140 valence electrons. The van der Waals surface area contributed by atoms with Crippen LogP contribution in [0.5, 0.6) is 11.5 Å². The average molecular weight is 399 g/mol. The van der Waals surface area contributed by atoms with Crippen molar-refractivity contribution in [3.8, 4) is 11.5 Å². The highest BCUT2D eigenvalue weighted by atomic mass is 35.5. The van der Waals surface area contributed by atoms with Crippen molar-refractivity contribution >= 4 is 32.7 Å². The quantitative estimate of drug-likeness (QED) is 0.687.